The molecular weight excluding hydrogens is 356 g/mol. The molecule has 7 heteroatoms. The second-order valence-corrected chi connectivity index (χ2v) is 7.03. The van der Waals surface area contributed by atoms with Gasteiger partial charge in [0.1, 0.15) is 6.61 Å². The van der Waals surface area contributed by atoms with E-state index in [9.17, 15) is 4.79 Å². The lowest BCUT2D eigenvalue weighted by Gasteiger charge is -2.35. The van der Waals surface area contributed by atoms with E-state index in [0.717, 1.165) is 55.5 Å². The molecule has 3 rings (SSSR count). The van der Waals surface area contributed by atoms with Crippen LogP contribution < -0.4 is 19.9 Å². The smallest absolute Gasteiger partial charge is 0.266 e. The number of ether oxygens (including phenoxy) is 2. The molecule has 1 aromatic heterocycles. The maximum Gasteiger partial charge on any atom is 0.266 e. The molecule has 2 aromatic rings. The van der Waals surface area contributed by atoms with Gasteiger partial charge in [-0.15, -0.1) is 0 Å². The molecule has 0 spiro atoms. The Morgan fingerprint density at radius 2 is 1.96 bits per heavy atom. The van der Waals surface area contributed by atoms with Crippen molar-refractivity contribution in [2.75, 3.05) is 44.3 Å². The van der Waals surface area contributed by atoms with Gasteiger partial charge in [-0.25, -0.2) is 5.10 Å². The number of hydrogen-bond donors (Lipinski definition) is 1. The van der Waals surface area contributed by atoms with Gasteiger partial charge in [0.2, 0.25) is 0 Å². The second kappa shape index (κ2) is 9.41. The number of benzene rings is 1. The fourth-order valence-electron chi connectivity index (χ4n) is 3.20. The molecule has 0 saturated carbocycles. The summed E-state index contributed by atoms with van der Waals surface area (Å²) >= 11 is 0. The first-order valence-electron chi connectivity index (χ1n) is 9.60. The summed E-state index contributed by atoms with van der Waals surface area (Å²) in [4.78, 5) is 16.0. The van der Waals surface area contributed by atoms with Crippen LogP contribution in [0.3, 0.4) is 0 Å². The van der Waals surface area contributed by atoms with E-state index >= 15 is 0 Å². The van der Waals surface area contributed by atoms with E-state index in [1.165, 1.54) is 5.56 Å². The third-order valence-electron chi connectivity index (χ3n) is 4.58. The normalized spacial score (nSPS) is 14.7. The van der Waals surface area contributed by atoms with E-state index < -0.39 is 0 Å². The van der Waals surface area contributed by atoms with Gasteiger partial charge >= 0.3 is 0 Å². The van der Waals surface area contributed by atoms with Crippen molar-refractivity contribution in [3.05, 3.63) is 58.5 Å². The van der Waals surface area contributed by atoms with Crippen molar-refractivity contribution in [3.63, 3.8) is 0 Å². The molecule has 1 saturated heterocycles. The number of nitrogens with zero attached hydrogens (tertiary/aromatic N) is 3. The van der Waals surface area contributed by atoms with Crippen molar-refractivity contribution in [1.29, 1.82) is 0 Å². The Bertz CT molecular complexity index is 857. The molecule has 150 valence electrons. The first-order chi connectivity index (χ1) is 13.5. The maximum absolute atomic E-state index is 11.5. The van der Waals surface area contributed by atoms with Crippen LogP contribution >= 0.6 is 0 Å². The summed E-state index contributed by atoms with van der Waals surface area (Å²) < 4.78 is 11.6. The number of aromatic amines is 1. The fourth-order valence-corrected chi connectivity index (χ4v) is 3.20. The molecular formula is C21H28N4O3. The molecule has 1 fully saturated rings. The van der Waals surface area contributed by atoms with Gasteiger partial charge < -0.3 is 14.4 Å². The molecule has 0 aliphatic carbocycles. The van der Waals surface area contributed by atoms with E-state index in [1.807, 2.05) is 19.9 Å². The minimum atomic E-state index is -0.169. The molecule has 1 aromatic carbocycles. The van der Waals surface area contributed by atoms with Crippen LogP contribution in [0.5, 0.6) is 11.5 Å². The van der Waals surface area contributed by atoms with Crippen LogP contribution in [-0.4, -0.2) is 54.5 Å². The molecule has 28 heavy (non-hydrogen) atoms. The first kappa shape index (κ1) is 19.9. The number of rotatable bonds is 8. The molecule has 1 aliphatic heterocycles. The van der Waals surface area contributed by atoms with Crippen molar-refractivity contribution >= 4 is 5.69 Å². The summed E-state index contributed by atoms with van der Waals surface area (Å²) in [5, 5.41) is 6.30. The van der Waals surface area contributed by atoms with Gasteiger partial charge in [0.05, 0.1) is 18.5 Å². The lowest BCUT2D eigenvalue weighted by Crippen LogP contribution is -2.46. The van der Waals surface area contributed by atoms with Gasteiger partial charge in [-0.2, -0.15) is 5.10 Å². The maximum atomic E-state index is 11.5. The Labute approximate surface area is 165 Å². The van der Waals surface area contributed by atoms with Crippen LogP contribution in [0.1, 0.15) is 19.4 Å². The zero-order valence-electron chi connectivity index (χ0n) is 16.6. The van der Waals surface area contributed by atoms with E-state index in [1.54, 1.807) is 12.3 Å². The summed E-state index contributed by atoms with van der Waals surface area (Å²) in [5.74, 6) is 1.52. The Kier molecular flexibility index (Phi) is 6.71. The third-order valence-corrected chi connectivity index (χ3v) is 4.58. The average Bonchev–Trinajstić information content (AvgIpc) is 2.68. The number of anilines is 1. The Hall–Kier alpha value is -2.80. The van der Waals surface area contributed by atoms with Crippen LogP contribution in [0.2, 0.25) is 0 Å². The monoisotopic (exact) mass is 384 g/mol. The summed E-state index contributed by atoms with van der Waals surface area (Å²) in [6.07, 6.45) is 1.70. The van der Waals surface area contributed by atoms with Crippen molar-refractivity contribution in [2.24, 2.45) is 0 Å². The minimum absolute atomic E-state index is 0.169. The summed E-state index contributed by atoms with van der Waals surface area (Å²) in [6.45, 7) is 13.3. The zero-order chi connectivity index (χ0) is 19.9. The third kappa shape index (κ3) is 5.36. The van der Waals surface area contributed by atoms with E-state index in [-0.39, 0.29) is 5.56 Å². The van der Waals surface area contributed by atoms with E-state index in [4.69, 9.17) is 9.47 Å². The predicted molar refractivity (Wildman–Crippen MR) is 110 cm³/mol. The molecule has 2 heterocycles. The SMILES string of the molecule is C=C(C)COc1ccc(CN2CCN(c3cn[nH]c(=O)c3)CC2)cc1OCC. The lowest BCUT2D eigenvalue weighted by atomic mass is 10.1. The largest absolute Gasteiger partial charge is 0.490 e. The Morgan fingerprint density at radius 3 is 2.64 bits per heavy atom. The molecule has 1 N–H and O–H groups in total. The van der Waals surface area contributed by atoms with Gasteiger partial charge in [-0.1, -0.05) is 12.6 Å². The van der Waals surface area contributed by atoms with Crippen LogP contribution in [0, 0.1) is 0 Å². The summed E-state index contributed by atoms with van der Waals surface area (Å²) in [6, 6.07) is 7.72. The highest BCUT2D eigenvalue weighted by Crippen LogP contribution is 2.29. The van der Waals surface area contributed by atoms with Crippen LogP contribution in [-0.2, 0) is 6.54 Å². The number of aromatic nitrogens is 2. The molecule has 7 nitrogen and oxygen atoms in total. The van der Waals surface area contributed by atoms with E-state index in [0.29, 0.717) is 13.2 Å². The Balaban J connectivity index is 1.60. The number of nitrogens with one attached hydrogen (secondary N) is 1. The molecule has 0 unspecified atom stereocenters. The molecule has 0 atom stereocenters. The molecule has 0 radical (unpaired) electrons. The summed E-state index contributed by atoms with van der Waals surface area (Å²) in [5.41, 5.74) is 2.87. The standard InChI is InChI=1S/C21H28N4O3/c1-4-27-20-11-17(5-6-19(20)28-15-16(2)3)14-24-7-9-25(10-8-24)18-12-21(26)23-22-13-18/h5-6,11-13H,2,4,7-10,14-15H2,1,3H3,(H,23,26). The van der Waals surface area contributed by atoms with Crippen LogP contribution in [0.25, 0.3) is 0 Å². The van der Waals surface area contributed by atoms with Crippen LogP contribution in [0.4, 0.5) is 5.69 Å². The lowest BCUT2D eigenvalue weighted by molar-refractivity contribution is 0.248. The second-order valence-electron chi connectivity index (χ2n) is 7.03. The van der Waals surface area contributed by atoms with Crippen molar-refractivity contribution in [2.45, 2.75) is 20.4 Å². The highest BCUT2D eigenvalue weighted by Gasteiger charge is 2.18. The molecule has 0 bridgehead atoms. The molecule has 0 amide bonds. The van der Waals surface area contributed by atoms with E-state index in [2.05, 4.69) is 38.7 Å². The highest BCUT2D eigenvalue weighted by atomic mass is 16.5. The fraction of sp³-hybridized carbons (Fsp3) is 0.429. The minimum Gasteiger partial charge on any atom is -0.490 e. The Morgan fingerprint density at radius 1 is 1.18 bits per heavy atom. The van der Waals surface area contributed by atoms with Crippen molar-refractivity contribution in [3.8, 4) is 11.5 Å². The van der Waals surface area contributed by atoms with Gasteiger partial charge in [0.15, 0.2) is 11.5 Å². The van der Waals surface area contributed by atoms with Gasteiger partial charge in [-0.05, 0) is 37.1 Å². The quantitative estimate of drug-likeness (QED) is 0.705. The van der Waals surface area contributed by atoms with Crippen LogP contribution in [0.15, 0.2) is 47.4 Å². The average molecular weight is 384 g/mol. The van der Waals surface area contributed by atoms with Crippen molar-refractivity contribution < 1.29 is 9.47 Å². The number of H-pyrrole nitrogens is 1. The van der Waals surface area contributed by atoms with Gasteiger partial charge in [0.25, 0.3) is 5.56 Å². The number of piperazine rings is 1. The highest BCUT2D eigenvalue weighted by molar-refractivity contribution is 5.44. The van der Waals surface area contributed by atoms with Crippen molar-refractivity contribution in [1.82, 2.24) is 15.1 Å². The van der Waals surface area contributed by atoms with Gasteiger partial charge in [0, 0.05) is 38.8 Å². The van der Waals surface area contributed by atoms with Gasteiger partial charge in [-0.3, -0.25) is 9.69 Å². The zero-order valence-corrected chi connectivity index (χ0v) is 16.6. The topological polar surface area (TPSA) is 70.7 Å². The first-order valence-corrected chi connectivity index (χ1v) is 9.60. The molecule has 1 aliphatic rings. The summed E-state index contributed by atoms with van der Waals surface area (Å²) in [7, 11) is 0. The number of hydrogen-bond acceptors (Lipinski definition) is 6. The predicted octanol–water partition coefficient (Wildman–Crippen LogP) is 2.45.